The van der Waals surface area contributed by atoms with Crippen LogP contribution in [-0.4, -0.2) is 53.1 Å². The molecule has 206 valence electrons. The number of ether oxygens (including phenoxy) is 5. The number of fused-ring (bicyclic) bond motifs is 1. The summed E-state index contributed by atoms with van der Waals surface area (Å²) in [4.78, 5) is 25.1. The molecule has 40 heavy (non-hydrogen) atoms. The minimum atomic E-state index is -0.648. The van der Waals surface area contributed by atoms with Crippen LogP contribution in [0.1, 0.15) is 15.9 Å². The molecule has 0 heterocycles. The average molecular weight is 544 g/mol. The van der Waals surface area contributed by atoms with Crippen molar-refractivity contribution in [1.82, 2.24) is 5.43 Å². The van der Waals surface area contributed by atoms with Crippen LogP contribution in [0.4, 0.5) is 5.69 Å². The van der Waals surface area contributed by atoms with Crippen molar-refractivity contribution in [2.24, 2.45) is 5.10 Å². The van der Waals surface area contributed by atoms with Crippen molar-refractivity contribution in [3.8, 4) is 28.7 Å². The van der Waals surface area contributed by atoms with Gasteiger partial charge in [0.05, 0.1) is 46.8 Å². The number of methoxy groups -OCH3 is 4. The van der Waals surface area contributed by atoms with Crippen LogP contribution in [0.3, 0.4) is 0 Å². The quantitative estimate of drug-likeness (QED) is 0.122. The molecule has 0 aromatic heterocycles. The number of benzene rings is 4. The number of carbonyl (C=O) groups excluding carboxylic acids is 2. The monoisotopic (exact) mass is 543 g/mol. The van der Waals surface area contributed by atoms with E-state index < -0.39 is 5.97 Å². The minimum Gasteiger partial charge on any atom is -0.493 e. The third kappa shape index (κ3) is 6.60. The molecule has 0 aliphatic heterocycles. The van der Waals surface area contributed by atoms with Crippen LogP contribution in [0.25, 0.3) is 10.8 Å². The van der Waals surface area contributed by atoms with Crippen molar-refractivity contribution in [3.05, 3.63) is 83.9 Å². The summed E-state index contributed by atoms with van der Waals surface area (Å²) >= 11 is 0. The first-order valence-electron chi connectivity index (χ1n) is 12.2. The Morgan fingerprint density at radius 1 is 0.750 bits per heavy atom. The summed E-state index contributed by atoms with van der Waals surface area (Å²) in [7, 11) is 5.84. The van der Waals surface area contributed by atoms with Gasteiger partial charge < -0.3 is 29.0 Å². The summed E-state index contributed by atoms with van der Waals surface area (Å²) in [6.07, 6.45) is 1.46. The maximum Gasteiger partial charge on any atom is 0.343 e. The van der Waals surface area contributed by atoms with Crippen molar-refractivity contribution in [3.63, 3.8) is 0 Å². The van der Waals surface area contributed by atoms with Crippen LogP contribution in [0.15, 0.2) is 77.9 Å². The van der Waals surface area contributed by atoms with Gasteiger partial charge >= 0.3 is 5.97 Å². The van der Waals surface area contributed by atoms with Gasteiger partial charge in [-0.1, -0.05) is 30.3 Å². The number of hydrogen-bond acceptors (Lipinski definition) is 9. The highest BCUT2D eigenvalue weighted by molar-refractivity contribution is 5.93. The first-order valence-corrected chi connectivity index (χ1v) is 12.2. The molecule has 0 spiro atoms. The number of nitrogens with one attached hydrogen (secondary N) is 2. The molecule has 0 fully saturated rings. The lowest BCUT2D eigenvalue weighted by Gasteiger charge is -2.14. The zero-order valence-electron chi connectivity index (χ0n) is 22.5. The number of nitrogens with zero attached hydrogens (tertiary/aromatic N) is 1. The Morgan fingerprint density at radius 2 is 1.45 bits per heavy atom. The maximum atomic E-state index is 12.9. The van der Waals surface area contributed by atoms with Gasteiger partial charge in [-0.2, -0.15) is 5.10 Å². The summed E-state index contributed by atoms with van der Waals surface area (Å²) in [5.41, 5.74) is 4.13. The van der Waals surface area contributed by atoms with E-state index in [0.717, 1.165) is 16.5 Å². The second kappa shape index (κ2) is 13.0. The molecule has 4 aromatic carbocycles. The van der Waals surface area contributed by atoms with Crippen molar-refractivity contribution < 1.29 is 33.3 Å². The lowest BCUT2D eigenvalue weighted by atomic mass is 10.1. The minimum absolute atomic E-state index is 0.0504. The van der Waals surface area contributed by atoms with Crippen molar-refractivity contribution in [2.75, 3.05) is 40.3 Å². The zero-order chi connectivity index (χ0) is 28.5. The molecule has 2 N–H and O–H groups in total. The summed E-state index contributed by atoms with van der Waals surface area (Å²) in [6, 6.07) is 21.7. The van der Waals surface area contributed by atoms with Gasteiger partial charge in [0.1, 0.15) is 0 Å². The Kier molecular flexibility index (Phi) is 9.03. The predicted octanol–water partition coefficient (Wildman–Crippen LogP) is 4.66. The van der Waals surface area contributed by atoms with Crippen LogP contribution < -0.4 is 34.4 Å². The fourth-order valence-corrected chi connectivity index (χ4v) is 3.91. The standard InChI is InChI=1S/C30H29N3O7/c1-36-25-13-19(17-32-33-28(34)18-31-23-11-10-20-7-5-6-8-21(20)14-23)9-12-24(25)40-30(35)22-15-26(37-2)29(39-4)27(16-22)38-3/h5-17,31H,18H2,1-4H3,(H,33,34)/b32-17+. The third-order valence-electron chi connectivity index (χ3n) is 5.90. The van der Waals surface area contributed by atoms with E-state index in [2.05, 4.69) is 15.8 Å². The first-order chi connectivity index (χ1) is 19.4. The zero-order valence-corrected chi connectivity index (χ0v) is 22.5. The highest BCUT2D eigenvalue weighted by atomic mass is 16.6. The highest BCUT2D eigenvalue weighted by Gasteiger charge is 2.19. The van der Waals surface area contributed by atoms with Crippen molar-refractivity contribution in [2.45, 2.75) is 0 Å². The van der Waals surface area contributed by atoms with E-state index in [9.17, 15) is 9.59 Å². The van der Waals surface area contributed by atoms with Gasteiger partial charge in [0.2, 0.25) is 5.75 Å². The van der Waals surface area contributed by atoms with Crippen LogP contribution >= 0.6 is 0 Å². The topological polar surface area (TPSA) is 117 Å². The molecular formula is C30H29N3O7. The summed E-state index contributed by atoms with van der Waals surface area (Å²) in [6.45, 7) is 0.0504. The Hall–Kier alpha value is -5.25. The number of esters is 1. The van der Waals surface area contributed by atoms with Crippen LogP contribution in [0.5, 0.6) is 28.7 Å². The van der Waals surface area contributed by atoms with E-state index in [1.54, 1.807) is 18.2 Å². The molecule has 0 unspecified atom stereocenters. The number of hydrazone groups is 1. The SMILES string of the molecule is COc1cc(/C=N/NC(=O)CNc2ccc3ccccc3c2)ccc1OC(=O)c1cc(OC)c(OC)c(OC)c1. The Labute approximate surface area is 231 Å². The number of amides is 1. The fraction of sp³-hybridized carbons (Fsp3) is 0.167. The van der Waals surface area contributed by atoms with E-state index in [0.29, 0.717) is 28.6 Å². The average Bonchev–Trinajstić information content (AvgIpc) is 2.99. The van der Waals surface area contributed by atoms with Crippen LogP contribution in [0, 0.1) is 0 Å². The van der Waals surface area contributed by atoms with E-state index in [4.69, 9.17) is 23.7 Å². The lowest BCUT2D eigenvalue weighted by molar-refractivity contribution is -0.119. The van der Waals surface area contributed by atoms with Crippen LogP contribution in [-0.2, 0) is 4.79 Å². The second-order valence-corrected chi connectivity index (χ2v) is 8.42. The molecule has 10 nitrogen and oxygen atoms in total. The summed E-state index contributed by atoms with van der Waals surface area (Å²) in [5, 5.41) is 9.30. The Bertz CT molecular complexity index is 1530. The molecule has 0 atom stereocenters. The Balaban J connectivity index is 1.36. The molecule has 0 radical (unpaired) electrons. The molecular weight excluding hydrogens is 514 g/mol. The molecule has 4 aromatic rings. The molecule has 10 heteroatoms. The van der Waals surface area contributed by atoms with Gasteiger partial charge in [-0.25, -0.2) is 10.2 Å². The Morgan fingerprint density at radius 3 is 2.12 bits per heavy atom. The van der Waals surface area contributed by atoms with Gasteiger partial charge in [0, 0.05) is 5.69 Å². The van der Waals surface area contributed by atoms with E-state index in [1.807, 2.05) is 42.5 Å². The number of carbonyl (C=O) groups is 2. The molecule has 0 saturated carbocycles. The van der Waals surface area contributed by atoms with Crippen molar-refractivity contribution in [1.29, 1.82) is 0 Å². The molecule has 0 aliphatic rings. The molecule has 0 saturated heterocycles. The van der Waals surface area contributed by atoms with Gasteiger partial charge in [-0.05, 0) is 58.8 Å². The second-order valence-electron chi connectivity index (χ2n) is 8.42. The predicted molar refractivity (Wildman–Crippen MR) is 152 cm³/mol. The summed E-state index contributed by atoms with van der Waals surface area (Å²) < 4.78 is 26.8. The molecule has 1 amide bonds. The number of anilines is 1. The number of hydrogen-bond donors (Lipinski definition) is 2. The van der Waals surface area contributed by atoms with Crippen LogP contribution in [0.2, 0.25) is 0 Å². The normalized spacial score (nSPS) is 10.7. The fourth-order valence-electron chi connectivity index (χ4n) is 3.91. The van der Waals surface area contributed by atoms with E-state index in [-0.39, 0.29) is 23.8 Å². The van der Waals surface area contributed by atoms with Gasteiger partial charge in [0.15, 0.2) is 23.0 Å². The maximum absolute atomic E-state index is 12.9. The first kappa shape index (κ1) is 27.8. The van der Waals surface area contributed by atoms with Crippen molar-refractivity contribution >= 4 is 34.6 Å². The summed E-state index contributed by atoms with van der Waals surface area (Å²) in [5.74, 6) is 0.538. The van der Waals surface area contributed by atoms with E-state index >= 15 is 0 Å². The van der Waals surface area contributed by atoms with E-state index in [1.165, 1.54) is 46.8 Å². The van der Waals surface area contributed by atoms with Gasteiger partial charge in [0.25, 0.3) is 5.91 Å². The van der Waals surface area contributed by atoms with Gasteiger partial charge in [-0.3, -0.25) is 4.79 Å². The smallest absolute Gasteiger partial charge is 0.343 e. The highest BCUT2D eigenvalue weighted by Crippen LogP contribution is 2.38. The third-order valence-corrected chi connectivity index (χ3v) is 5.90. The molecule has 0 aliphatic carbocycles. The molecule has 0 bridgehead atoms. The lowest BCUT2D eigenvalue weighted by Crippen LogP contribution is -2.25. The molecule has 4 rings (SSSR count). The largest absolute Gasteiger partial charge is 0.493 e. The van der Waals surface area contributed by atoms with Gasteiger partial charge in [-0.15, -0.1) is 0 Å². The number of rotatable bonds is 11.